The Hall–Kier alpha value is -2.03. The number of hydrogen-bond donors (Lipinski definition) is 1. The maximum absolute atomic E-state index is 13.3. The van der Waals surface area contributed by atoms with Gasteiger partial charge in [0.05, 0.1) is 7.11 Å². The van der Waals surface area contributed by atoms with Crippen LogP contribution >= 0.6 is 0 Å². The Kier molecular flexibility index (Phi) is 3.00. The van der Waals surface area contributed by atoms with Crippen molar-refractivity contribution in [2.75, 3.05) is 12.8 Å². The fourth-order valence-corrected chi connectivity index (χ4v) is 1.82. The van der Waals surface area contributed by atoms with Crippen LogP contribution in [0.3, 0.4) is 0 Å². The van der Waals surface area contributed by atoms with Crippen LogP contribution in [0.15, 0.2) is 36.4 Å². The van der Waals surface area contributed by atoms with Crippen molar-refractivity contribution in [2.24, 2.45) is 0 Å². The smallest absolute Gasteiger partial charge is 0.126 e. The molecule has 0 bridgehead atoms. The number of halogens is 1. The fraction of sp³-hybridized carbons (Fsp3) is 0.143. The first kappa shape index (κ1) is 11.5. The summed E-state index contributed by atoms with van der Waals surface area (Å²) in [7, 11) is 1.56. The Labute approximate surface area is 99.8 Å². The highest BCUT2D eigenvalue weighted by Crippen LogP contribution is 2.34. The van der Waals surface area contributed by atoms with Crippen LogP contribution in [0.2, 0.25) is 0 Å². The summed E-state index contributed by atoms with van der Waals surface area (Å²) in [6.45, 7) is 1.96. The SMILES string of the molecule is COc1ccc(F)cc1-c1ccc(C)cc1N. The number of aryl methyl sites for hydroxylation is 1. The van der Waals surface area contributed by atoms with E-state index in [1.54, 1.807) is 13.2 Å². The van der Waals surface area contributed by atoms with E-state index in [1.807, 2.05) is 25.1 Å². The molecule has 2 aromatic carbocycles. The van der Waals surface area contributed by atoms with Crippen LogP contribution in [0.4, 0.5) is 10.1 Å². The van der Waals surface area contributed by atoms with Crippen molar-refractivity contribution in [3.63, 3.8) is 0 Å². The molecule has 0 atom stereocenters. The van der Waals surface area contributed by atoms with E-state index in [-0.39, 0.29) is 5.82 Å². The summed E-state index contributed by atoms with van der Waals surface area (Å²) < 4.78 is 18.5. The number of anilines is 1. The first-order valence-electron chi connectivity index (χ1n) is 5.32. The molecule has 0 radical (unpaired) electrons. The van der Waals surface area contributed by atoms with Crippen LogP contribution in [-0.2, 0) is 0 Å². The van der Waals surface area contributed by atoms with Gasteiger partial charge in [-0.1, -0.05) is 12.1 Å². The molecule has 0 spiro atoms. The third-order valence-corrected chi connectivity index (χ3v) is 2.66. The standard InChI is InChI=1S/C14H14FNO/c1-9-3-5-11(13(16)7-9)12-8-10(15)4-6-14(12)17-2/h3-8H,16H2,1-2H3. The number of benzene rings is 2. The van der Waals surface area contributed by atoms with E-state index in [1.165, 1.54) is 12.1 Å². The van der Waals surface area contributed by atoms with Gasteiger partial charge in [-0.25, -0.2) is 4.39 Å². The number of methoxy groups -OCH3 is 1. The second-order valence-electron chi connectivity index (χ2n) is 3.94. The predicted molar refractivity (Wildman–Crippen MR) is 67.5 cm³/mol. The Morgan fingerprint density at radius 3 is 2.47 bits per heavy atom. The van der Waals surface area contributed by atoms with Gasteiger partial charge in [0.25, 0.3) is 0 Å². The van der Waals surface area contributed by atoms with Gasteiger partial charge in [-0.05, 0) is 36.8 Å². The number of nitrogen functional groups attached to an aromatic ring is 1. The first-order valence-corrected chi connectivity index (χ1v) is 5.32. The molecule has 2 rings (SSSR count). The van der Waals surface area contributed by atoms with E-state index in [9.17, 15) is 4.39 Å². The van der Waals surface area contributed by atoms with Gasteiger partial charge >= 0.3 is 0 Å². The van der Waals surface area contributed by atoms with Gasteiger partial charge in [0.2, 0.25) is 0 Å². The molecule has 0 saturated carbocycles. The zero-order valence-corrected chi connectivity index (χ0v) is 9.83. The van der Waals surface area contributed by atoms with E-state index in [0.717, 1.165) is 11.1 Å². The fourth-order valence-electron chi connectivity index (χ4n) is 1.82. The Balaban J connectivity index is 2.62. The lowest BCUT2D eigenvalue weighted by atomic mass is 10.0. The van der Waals surface area contributed by atoms with Gasteiger partial charge in [-0.2, -0.15) is 0 Å². The van der Waals surface area contributed by atoms with Gasteiger partial charge in [-0.15, -0.1) is 0 Å². The van der Waals surface area contributed by atoms with Crippen LogP contribution in [0.25, 0.3) is 11.1 Å². The monoisotopic (exact) mass is 231 g/mol. The van der Waals surface area contributed by atoms with Crippen molar-refractivity contribution in [1.29, 1.82) is 0 Å². The lowest BCUT2D eigenvalue weighted by molar-refractivity contribution is 0.415. The molecule has 2 nitrogen and oxygen atoms in total. The Morgan fingerprint density at radius 1 is 1.06 bits per heavy atom. The lowest BCUT2D eigenvalue weighted by Crippen LogP contribution is -1.94. The highest BCUT2D eigenvalue weighted by molar-refractivity contribution is 5.80. The zero-order valence-electron chi connectivity index (χ0n) is 9.83. The Morgan fingerprint density at radius 2 is 1.82 bits per heavy atom. The number of ether oxygens (including phenoxy) is 1. The van der Waals surface area contributed by atoms with Crippen molar-refractivity contribution < 1.29 is 9.13 Å². The Bertz CT molecular complexity index is 552. The average Bonchev–Trinajstić information content (AvgIpc) is 2.29. The molecule has 88 valence electrons. The molecule has 3 heteroatoms. The highest BCUT2D eigenvalue weighted by atomic mass is 19.1. The molecule has 0 saturated heterocycles. The molecule has 0 aromatic heterocycles. The minimum absolute atomic E-state index is 0.305. The third-order valence-electron chi connectivity index (χ3n) is 2.66. The van der Waals surface area contributed by atoms with Crippen molar-refractivity contribution >= 4 is 5.69 Å². The second kappa shape index (κ2) is 4.45. The topological polar surface area (TPSA) is 35.2 Å². The number of nitrogens with two attached hydrogens (primary N) is 1. The van der Waals surface area contributed by atoms with Crippen LogP contribution in [-0.4, -0.2) is 7.11 Å². The predicted octanol–water partition coefficient (Wildman–Crippen LogP) is 3.39. The van der Waals surface area contributed by atoms with Gasteiger partial charge in [0, 0.05) is 16.8 Å². The molecule has 0 aliphatic rings. The maximum Gasteiger partial charge on any atom is 0.126 e. The molecule has 0 heterocycles. The maximum atomic E-state index is 13.3. The minimum Gasteiger partial charge on any atom is -0.496 e. The van der Waals surface area contributed by atoms with Crippen LogP contribution in [0, 0.1) is 12.7 Å². The quantitative estimate of drug-likeness (QED) is 0.804. The largest absolute Gasteiger partial charge is 0.496 e. The summed E-state index contributed by atoms with van der Waals surface area (Å²) in [5.74, 6) is 0.308. The van der Waals surface area contributed by atoms with Gasteiger partial charge in [0.15, 0.2) is 0 Å². The molecule has 0 unspecified atom stereocenters. The van der Waals surface area contributed by atoms with E-state index in [4.69, 9.17) is 10.5 Å². The summed E-state index contributed by atoms with van der Waals surface area (Å²) in [6.07, 6.45) is 0. The molecular weight excluding hydrogens is 217 g/mol. The van der Waals surface area contributed by atoms with Crippen LogP contribution in [0.1, 0.15) is 5.56 Å². The number of hydrogen-bond acceptors (Lipinski definition) is 2. The highest BCUT2D eigenvalue weighted by Gasteiger charge is 2.10. The summed E-state index contributed by atoms with van der Waals surface area (Å²) in [4.78, 5) is 0. The molecule has 0 amide bonds. The summed E-state index contributed by atoms with van der Waals surface area (Å²) in [5.41, 5.74) is 9.09. The number of rotatable bonds is 2. The van der Waals surface area contributed by atoms with Crippen LogP contribution in [0.5, 0.6) is 5.75 Å². The van der Waals surface area contributed by atoms with Gasteiger partial charge in [-0.3, -0.25) is 0 Å². The van der Waals surface area contributed by atoms with Crippen molar-refractivity contribution in [2.45, 2.75) is 6.92 Å². The van der Waals surface area contributed by atoms with E-state index >= 15 is 0 Å². The molecule has 0 aliphatic heterocycles. The average molecular weight is 231 g/mol. The van der Waals surface area contributed by atoms with Crippen molar-refractivity contribution in [1.82, 2.24) is 0 Å². The van der Waals surface area contributed by atoms with Gasteiger partial charge < -0.3 is 10.5 Å². The van der Waals surface area contributed by atoms with E-state index in [2.05, 4.69) is 0 Å². The summed E-state index contributed by atoms with van der Waals surface area (Å²) >= 11 is 0. The van der Waals surface area contributed by atoms with E-state index < -0.39 is 0 Å². The molecular formula is C14H14FNO. The minimum atomic E-state index is -0.305. The normalized spacial score (nSPS) is 10.3. The lowest BCUT2D eigenvalue weighted by Gasteiger charge is -2.11. The molecule has 2 N–H and O–H groups in total. The van der Waals surface area contributed by atoms with E-state index in [0.29, 0.717) is 17.0 Å². The van der Waals surface area contributed by atoms with Gasteiger partial charge in [0.1, 0.15) is 11.6 Å². The molecule has 0 fully saturated rings. The molecule has 0 aliphatic carbocycles. The molecule has 17 heavy (non-hydrogen) atoms. The summed E-state index contributed by atoms with van der Waals surface area (Å²) in [5, 5.41) is 0. The molecule has 2 aromatic rings. The first-order chi connectivity index (χ1) is 8.11. The van der Waals surface area contributed by atoms with Crippen LogP contribution < -0.4 is 10.5 Å². The van der Waals surface area contributed by atoms with Crippen molar-refractivity contribution in [3.8, 4) is 16.9 Å². The zero-order chi connectivity index (χ0) is 12.4. The second-order valence-corrected chi connectivity index (χ2v) is 3.94. The third kappa shape index (κ3) is 2.23. The van der Waals surface area contributed by atoms with Crippen molar-refractivity contribution in [3.05, 3.63) is 47.8 Å². The summed E-state index contributed by atoms with van der Waals surface area (Å²) in [6, 6.07) is 10.1.